The van der Waals surface area contributed by atoms with Crippen LogP contribution in [0.3, 0.4) is 0 Å². The molecular formula is C24H22F2N4O4. The van der Waals surface area contributed by atoms with Crippen LogP contribution < -0.4 is 20.3 Å². The molecule has 0 aliphatic heterocycles. The number of para-hydroxylation sites is 2. The van der Waals surface area contributed by atoms with Crippen LogP contribution in [0.15, 0.2) is 58.9 Å². The lowest BCUT2D eigenvalue weighted by atomic mass is 10.1. The lowest BCUT2D eigenvalue weighted by Gasteiger charge is -2.13. The summed E-state index contributed by atoms with van der Waals surface area (Å²) in [5.41, 5.74) is 0.184. The van der Waals surface area contributed by atoms with E-state index >= 15 is 0 Å². The Morgan fingerprint density at radius 1 is 1.21 bits per heavy atom. The molecule has 0 aliphatic carbocycles. The summed E-state index contributed by atoms with van der Waals surface area (Å²) in [6.07, 6.45) is 1.10. The number of halogens is 2. The fourth-order valence-electron chi connectivity index (χ4n) is 3.33. The Labute approximate surface area is 194 Å². The molecule has 3 aromatic rings. The Morgan fingerprint density at radius 2 is 1.91 bits per heavy atom. The summed E-state index contributed by atoms with van der Waals surface area (Å²) in [6.45, 7) is 0.371. The van der Waals surface area contributed by atoms with E-state index in [9.17, 15) is 23.6 Å². The Hall–Kier alpha value is -4.39. The predicted octanol–water partition coefficient (Wildman–Crippen LogP) is 4.03. The van der Waals surface area contributed by atoms with Crippen LogP contribution in [-0.4, -0.2) is 28.5 Å². The maximum absolute atomic E-state index is 13.0. The van der Waals surface area contributed by atoms with Gasteiger partial charge in [-0.3, -0.25) is 14.3 Å². The summed E-state index contributed by atoms with van der Waals surface area (Å²) in [4.78, 5) is 25.9. The monoisotopic (exact) mass is 468 g/mol. The normalized spacial score (nSPS) is 11.3. The van der Waals surface area contributed by atoms with Gasteiger partial charge in [-0.25, -0.2) is 4.68 Å². The molecule has 0 radical (unpaired) electrons. The molecule has 176 valence electrons. The van der Waals surface area contributed by atoms with Gasteiger partial charge in [0.15, 0.2) is 11.5 Å². The average molecular weight is 468 g/mol. The van der Waals surface area contributed by atoms with Crippen LogP contribution in [0.1, 0.15) is 18.2 Å². The number of aromatic nitrogens is 2. The van der Waals surface area contributed by atoms with Gasteiger partial charge in [-0.1, -0.05) is 30.3 Å². The van der Waals surface area contributed by atoms with Crippen molar-refractivity contribution in [2.24, 2.45) is 7.05 Å². The number of anilines is 1. The molecular weight excluding hydrogens is 446 g/mol. The number of carbonyl (C=O) groups excluding carboxylic acids is 1. The van der Waals surface area contributed by atoms with Crippen LogP contribution in [0.25, 0.3) is 11.8 Å². The zero-order valence-electron chi connectivity index (χ0n) is 18.7. The van der Waals surface area contributed by atoms with E-state index in [-0.39, 0.29) is 29.4 Å². The van der Waals surface area contributed by atoms with Gasteiger partial charge in [0.1, 0.15) is 17.3 Å². The Bertz CT molecular complexity index is 1320. The third-order valence-corrected chi connectivity index (χ3v) is 4.97. The molecule has 1 amide bonds. The third-order valence-electron chi connectivity index (χ3n) is 4.97. The van der Waals surface area contributed by atoms with Crippen molar-refractivity contribution in [1.82, 2.24) is 9.36 Å². The fraction of sp³-hybridized carbons (Fsp3) is 0.208. The highest BCUT2D eigenvalue weighted by molar-refractivity contribution is 6.10. The second kappa shape index (κ2) is 10.5. The summed E-state index contributed by atoms with van der Waals surface area (Å²) in [7, 11) is 1.66. The van der Waals surface area contributed by atoms with Gasteiger partial charge in [0.2, 0.25) is 0 Å². The number of rotatable bonds is 8. The number of carbonyl (C=O) groups is 1. The van der Waals surface area contributed by atoms with Crippen LogP contribution in [-0.2, 0) is 11.8 Å². The molecule has 34 heavy (non-hydrogen) atoms. The number of nitrogens with one attached hydrogen (secondary N) is 1. The molecule has 8 nitrogen and oxygen atoms in total. The van der Waals surface area contributed by atoms with Gasteiger partial charge in [0.25, 0.3) is 11.5 Å². The van der Waals surface area contributed by atoms with E-state index in [2.05, 4.69) is 10.1 Å². The minimum atomic E-state index is -3.14. The predicted molar refractivity (Wildman–Crippen MR) is 122 cm³/mol. The Balaban J connectivity index is 1.99. The first kappa shape index (κ1) is 24.3. The van der Waals surface area contributed by atoms with Gasteiger partial charge in [-0.15, -0.1) is 0 Å². The van der Waals surface area contributed by atoms with Gasteiger partial charge in [0, 0.05) is 12.6 Å². The quantitative estimate of drug-likeness (QED) is 0.398. The second-order valence-electron chi connectivity index (χ2n) is 7.05. The van der Waals surface area contributed by atoms with Crippen molar-refractivity contribution >= 4 is 17.7 Å². The number of ether oxygens (including phenoxy) is 2. The fourth-order valence-corrected chi connectivity index (χ4v) is 3.33. The van der Waals surface area contributed by atoms with E-state index in [0.29, 0.717) is 11.4 Å². The molecule has 0 spiro atoms. The molecule has 0 saturated heterocycles. The Morgan fingerprint density at radius 3 is 2.53 bits per heavy atom. The van der Waals surface area contributed by atoms with Crippen molar-refractivity contribution in [2.45, 2.75) is 20.5 Å². The molecule has 0 unspecified atom stereocenters. The first-order valence-corrected chi connectivity index (χ1v) is 10.3. The van der Waals surface area contributed by atoms with Gasteiger partial charge in [0.05, 0.1) is 18.0 Å². The zero-order chi connectivity index (χ0) is 24.8. The smallest absolute Gasteiger partial charge is 0.387 e. The summed E-state index contributed by atoms with van der Waals surface area (Å²) in [6, 6.07) is 14.9. The first-order chi connectivity index (χ1) is 16.3. The SMILES string of the molecule is CCOc1cccc(/C=C(\C#N)C(=O)Nc2c(C)n(C)n(-c3ccccc3)c2=O)c1OC(F)F. The highest BCUT2D eigenvalue weighted by atomic mass is 19.3. The van der Waals surface area contributed by atoms with Crippen molar-refractivity contribution in [2.75, 3.05) is 11.9 Å². The second-order valence-corrected chi connectivity index (χ2v) is 7.05. The van der Waals surface area contributed by atoms with Crippen molar-refractivity contribution in [1.29, 1.82) is 5.26 Å². The molecule has 1 heterocycles. The molecule has 0 saturated carbocycles. The van der Waals surface area contributed by atoms with E-state index in [0.717, 1.165) is 6.08 Å². The van der Waals surface area contributed by atoms with E-state index in [4.69, 9.17) is 4.74 Å². The maximum atomic E-state index is 13.0. The molecule has 0 bridgehead atoms. The van der Waals surface area contributed by atoms with Crippen LogP contribution in [0, 0.1) is 18.3 Å². The van der Waals surface area contributed by atoms with Crippen molar-refractivity contribution in [3.05, 3.63) is 75.7 Å². The number of benzene rings is 2. The number of nitrogens with zero attached hydrogens (tertiary/aromatic N) is 3. The molecule has 1 N–H and O–H groups in total. The van der Waals surface area contributed by atoms with E-state index < -0.39 is 23.7 Å². The number of nitriles is 1. The van der Waals surface area contributed by atoms with Crippen molar-refractivity contribution < 1.29 is 23.0 Å². The summed E-state index contributed by atoms with van der Waals surface area (Å²) in [5, 5.41) is 12.0. The Kier molecular flexibility index (Phi) is 7.48. The minimum absolute atomic E-state index is 0.00961. The lowest BCUT2D eigenvalue weighted by Crippen LogP contribution is -2.23. The summed E-state index contributed by atoms with van der Waals surface area (Å²) < 4.78 is 38.8. The molecule has 10 heteroatoms. The molecule has 1 aromatic heterocycles. The lowest BCUT2D eigenvalue weighted by molar-refractivity contribution is -0.112. The minimum Gasteiger partial charge on any atom is -0.490 e. The van der Waals surface area contributed by atoms with Crippen LogP contribution in [0.5, 0.6) is 11.5 Å². The highest BCUT2D eigenvalue weighted by Crippen LogP contribution is 2.34. The van der Waals surface area contributed by atoms with Crippen molar-refractivity contribution in [3.8, 4) is 23.3 Å². The van der Waals surface area contributed by atoms with Gasteiger partial charge in [-0.2, -0.15) is 14.0 Å². The number of amides is 1. The number of alkyl halides is 2. The van der Waals surface area contributed by atoms with Gasteiger partial charge >= 0.3 is 6.61 Å². The largest absolute Gasteiger partial charge is 0.490 e. The number of hydrogen-bond donors (Lipinski definition) is 1. The molecule has 2 aromatic carbocycles. The zero-order valence-corrected chi connectivity index (χ0v) is 18.7. The first-order valence-electron chi connectivity index (χ1n) is 10.3. The van der Waals surface area contributed by atoms with Gasteiger partial charge in [-0.05, 0) is 38.1 Å². The molecule has 0 fully saturated rings. The topological polar surface area (TPSA) is 98.3 Å². The maximum Gasteiger partial charge on any atom is 0.387 e. The van der Waals surface area contributed by atoms with Crippen LogP contribution >= 0.6 is 0 Å². The molecule has 0 aliphatic rings. The summed E-state index contributed by atoms with van der Waals surface area (Å²) >= 11 is 0. The van der Waals surface area contributed by atoms with E-state index in [1.165, 1.54) is 22.9 Å². The standard InChI is InChI=1S/C24H22F2N4O4/c1-4-33-19-12-8-9-16(21(19)34-24(25)26)13-17(14-27)22(31)28-20-15(2)29(3)30(23(20)32)18-10-6-5-7-11-18/h5-13,24H,4H2,1-3H3,(H,28,31)/b17-13+. The van der Waals surface area contributed by atoms with Crippen LogP contribution in [0.4, 0.5) is 14.5 Å². The van der Waals surface area contributed by atoms with Crippen molar-refractivity contribution in [3.63, 3.8) is 0 Å². The average Bonchev–Trinajstić information content (AvgIpc) is 3.02. The highest BCUT2D eigenvalue weighted by Gasteiger charge is 2.21. The van der Waals surface area contributed by atoms with E-state index in [1.54, 1.807) is 55.9 Å². The van der Waals surface area contributed by atoms with E-state index in [1.807, 2.05) is 6.07 Å². The molecule has 3 rings (SSSR count). The van der Waals surface area contributed by atoms with Crippen LogP contribution in [0.2, 0.25) is 0 Å². The molecule has 0 atom stereocenters. The third kappa shape index (κ3) is 4.99. The van der Waals surface area contributed by atoms with Gasteiger partial charge < -0.3 is 14.8 Å². The summed E-state index contributed by atoms with van der Waals surface area (Å²) in [5.74, 6) is -1.14. The number of hydrogen-bond acceptors (Lipinski definition) is 5.